The van der Waals surface area contributed by atoms with E-state index >= 15 is 0 Å². The molecule has 1 radical (unpaired) electrons. The van der Waals surface area contributed by atoms with Crippen LogP contribution in [0.25, 0.3) is 0 Å². The molecule has 0 bridgehead atoms. The molecule has 0 atom stereocenters. The third-order valence-electron chi connectivity index (χ3n) is 2.50. The van der Waals surface area contributed by atoms with Gasteiger partial charge in [0.05, 0.1) is 0 Å². The van der Waals surface area contributed by atoms with Crippen LogP contribution in [0.15, 0.2) is 24.3 Å². The van der Waals surface area contributed by atoms with Gasteiger partial charge < -0.3 is 0 Å². The molecule has 0 N–H and O–H groups in total. The van der Waals surface area contributed by atoms with E-state index in [4.69, 9.17) is 11.6 Å². The smallest absolute Gasteiger partial charge is 0.0406 e. The standard InChI is InChI=1S/C11H12Cl/c1-11(2)7-10(11)8-3-5-9(12)6-4-8/h3-6H,7H2,1-2H3. The molecule has 0 aromatic heterocycles. The first-order valence-corrected chi connectivity index (χ1v) is 4.60. The summed E-state index contributed by atoms with van der Waals surface area (Å²) in [4.78, 5) is 0. The lowest BCUT2D eigenvalue weighted by Crippen LogP contribution is -1.89. The van der Waals surface area contributed by atoms with Gasteiger partial charge >= 0.3 is 0 Å². The molecule has 1 saturated carbocycles. The Balaban J connectivity index is 2.21. The second-order valence-electron chi connectivity index (χ2n) is 4.05. The fourth-order valence-electron chi connectivity index (χ4n) is 1.54. The molecule has 1 fully saturated rings. The summed E-state index contributed by atoms with van der Waals surface area (Å²) in [7, 11) is 0. The third-order valence-corrected chi connectivity index (χ3v) is 2.76. The van der Waals surface area contributed by atoms with Crippen LogP contribution in [0, 0.1) is 11.3 Å². The van der Waals surface area contributed by atoms with Gasteiger partial charge in [-0.3, -0.25) is 0 Å². The van der Waals surface area contributed by atoms with E-state index in [0.717, 1.165) is 5.02 Å². The lowest BCUT2D eigenvalue weighted by atomic mass is 10.0. The van der Waals surface area contributed by atoms with Gasteiger partial charge in [-0.2, -0.15) is 0 Å². The maximum atomic E-state index is 5.80. The Hall–Kier alpha value is -0.490. The molecule has 2 rings (SSSR count). The number of halogens is 1. The highest BCUT2D eigenvalue weighted by atomic mass is 35.5. The minimum Gasteiger partial charge on any atom is -0.0843 e. The largest absolute Gasteiger partial charge is 0.0843 e. The summed E-state index contributed by atoms with van der Waals surface area (Å²) in [6.07, 6.45) is 1.23. The van der Waals surface area contributed by atoms with E-state index in [0.29, 0.717) is 5.41 Å². The number of benzene rings is 1. The summed E-state index contributed by atoms with van der Waals surface area (Å²) in [5.41, 5.74) is 1.79. The van der Waals surface area contributed by atoms with Gasteiger partial charge in [0.15, 0.2) is 0 Å². The number of hydrogen-bond donors (Lipinski definition) is 0. The van der Waals surface area contributed by atoms with E-state index in [-0.39, 0.29) is 0 Å². The van der Waals surface area contributed by atoms with Crippen LogP contribution in [0.1, 0.15) is 25.8 Å². The SMILES string of the molecule is CC1(C)C[C]1c1ccc(Cl)cc1. The molecule has 0 saturated heterocycles. The topological polar surface area (TPSA) is 0 Å². The highest BCUT2D eigenvalue weighted by molar-refractivity contribution is 6.30. The molecule has 1 heteroatoms. The zero-order chi connectivity index (χ0) is 8.77. The fourth-order valence-corrected chi connectivity index (χ4v) is 1.67. The highest BCUT2D eigenvalue weighted by Gasteiger charge is 2.46. The molecule has 0 unspecified atom stereocenters. The molecule has 63 valence electrons. The maximum Gasteiger partial charge on any atom is 0.0406 e. The van der Waals surface area contributed by atoms with E-state index in [1.54, 1.807) is 5.92 Å². The van der Waals surface area contributed by atoms with Gasteiger partial charge in [-0.1, -0.05) is 37.6 Å². The van der Waals surface area contributed by atoms with Crippen molar-refractivity contribution < 1.29 is 0 Å². The number of hydrogen-bond acceptors (Lipinski definition) is 0. The number of rotatable bonds is 1. The van der Waals surface area contributed by atoms with Crippen molar-refractivity contribution in [1.82, 2.24) is 0 Å². The normalized spacial score (nSPS) is 20.9. The van der Waals surface area contributed by atoms with E-state index in [1.165, 1.54) is 12.0 Å². The molecular formula is C11H12Cl. The van der Waals surface area contributed by atoms with Crippen LogP contribution in [0.5, 0.6) is 0 Å². The van der Waals surface area contributed by atoms with Crippen LogP contribution in [-0.2, 0) is 0 Å². The van der Waals surface area contributed by atoms with Crippen LogP contribution < -0.4 is 0 Å². The average molecular weight is 180 g/mol. The van der Waals surface area contributed by atoms with E-state index in [9.17, 15) is 0 Å². The molecule has 0 heterocycles. The second kappa shape index (κ2) is 2.50. The molecule has 1 aromatic rings. The second-order valence-corrected chi connectivity index (χ2v) is 4.48. The van der Waals surface area contributed by atoms with E-state index in [2.05, 4.69) is 26.0 Å². The average Bonchev–Trinajstić information content (AvgIpc) is 2.61. The van der Waals surface area contributed by atoms with Crippen molar-refractivity contribution in [2.75, 3.05) is 0 Å². The molecule has 1 aliphatic carbocycles. The van der Waals surface area contributed by atoms with Gasteiger partial charge in [0.1, 0.15) is 0 Å². The summed E-state index contributed by atoms with van der Waals surface area (Å²) in [5, 5.41) is 0.817. The van der Waals surface area contributed by atoms with Crippen LogP contribution in [0.4, 0.5) is 0 Å². The first-order chi connectivity index (χ1) is 5.59. The van der Waals surface area contributed by atoms with Crippen molar-refractivity contribution in [3.05, 3.63) is 40.8 Å². The van der Waals surface area contributed by atoms with E-state index < -0.39 is 0 Å². The van der Waals surface area contributed by atoms with Crippen molar-refractivity contribution in [2.45, 2.75) is 20.3 Å². The molecule has 1 aliphatic rings. The Morgan fingerprint density at radius 1 is 1.17 bits per heavy atom. The lowest BCUT2D eigenvalue weighted by molar-refractivity contribution is 0.669. The minimum atomic E-state index is 0.438. The summed E-state index contributed by atoms with van der Waals surface area (Å²) in [5.74, 6) is 1.55. The predicted octanol–water partition coefficient (Wildman–Crippen LogP) is 3.69. The van der Waals surface area contributed by atoms with Gasteiger partial charge in [-0.05, 0) is 29.5 Å². The molecule has 12 heavy (non-hydrogen) atoms. The predicted molar refractivity (Wildman–Crippen MR) is 52.2 cm³/mol. The Kier molecular flexibility index (Phi) is 1.69. The van der Waals surface area contributed by atoms with Crippen molar-refractivity contribution in [2.24, 2.45) is 5.41 Å². The quantitative estimate of drug-likeness (QED) is 0.617. The summed E-state index contributed by atoms with van der Waals surface area (Å²) >= 11 is 5.80. The van der Waals surface area contributed by atoms with Gasteiger partial charge in [0, 0.05) is 10.9 Å². The van der Waals surface area contributed by atoms with Crippen molar-refractivity contribution >= 4 is 11.6 Å². The zero-order valence-electron chi connectivity index (χ0n) is 7.39. The van der Waals surface area contributed by atoms with Crippen LogP contribution in [0.2, 0.25) is 5.02 Å². The van der Waals surface area contributed by atoms with Crippen LogP contribution >= 0.6 is 11.6 Å². The first kappa shape index (κ1) is 8.12. The molecule has 0 spiro atoms. The van der Waals surface area contributed by atoms with Crippen LogP contribution in [0.3, 0.4) is 0 Å². The molecule has 0 amide bonds. The Morgan fingerprint density at radius 2 is 1.67 bits per heavy atom. The summed E-state index contributed by atoms with van der Waals surface area (Å²) < 4.78 is 0. The maximum absolute atomic E-state index is 5.80. The highest BCUT2D eigenvalue weighted by Crippen LogP contribution is 2.57. The van der Waals surface area contributed by atoms with Gasteiger partial charge in [-0.15, -0.1) is 0 Å². The van der Waals surface area contributed by atoms with Crippen molar-refractivity contribution in [3.8, 4) is 0 Å². The molecule has 0 nitrogen and oxygen atoms in total. The Bertz CT molecular complexity index is 284. The summed E-state index contributed by atoms with van der Waals surface area (Å²) in [6, 6.07) is 8.12. The van der Waals surface area contributed by atoms with Gasteiger partial charge in [0.2, 0.25) is 0 Å². The third kappa shape index (κ3) is 1.36. The van der Waals surface area contributed by atoms with Gasteiger partial charge in [-0.25, -0.2) is 0 Å². The Labute approximate surface area is 78.6 Å². The van der Waals surface area contributed by atoms with Crippen LogP contribution in [-0.4, -0.2) is 0 Å². The lowest BCUT2D eigenvalue weighted by Gasteiger charge is -2.02. The monoisotopic (exact) mass is 179 g/mol. The molecule has 1 aromatic carbocycles. The fraction of sp³-hybridized carbons (Fsp3) is 0.364. The molecular weight excluding hydrogens is 168 g/mol. The minimum absolute atomic E-state index is 0.438. The van der Waals surface area contributed by atoms with Crippen molar-refractivity contribution in [3.63, 3.8) is 0 Å². The Morgan fingerprint density at radius 3 is 2.08 bits per heavy atom. The zero-order valence-corrected chi connectivity index (χ0v) is 8.15. The van der Waals surface area contributed by atoms with Gasteiger partial charge in [0.25, 0.3) is 0 Å². The van der Waals surface area contributed by atoms with Crippen molar-refractivity contribution in [1.29, 1.82) is 0 Å². The first-order valence-electron chi connectivity index (χ1n) is 4.22. The van der Waals surface area contributed by atoms with E-state index in [1.807, 2.05) is 12.1 Å². The molecule has 0 aliphatic heterocycles. The summed E-state index contributed by atoms with van der Waals surface area (Å²) in [6.45, 7) is 4.55.